The minimum atomic E-state index is -0.517. The third-order valence-corrected chi connectivity index (χ3v) is 3.67. The highest BCUT2D eigenvalue weighted by Gasteiger charge is 2.13. The molecule has 1 unspecified atom stereocenters. The van der Waals surface area contributed by atoms with E-state index in [4.69, 9.17) is 0 Å². The number of pyridine rings is 1. The van der Waals surface area contributed by atoms with Crippen LogP contribution in [0.3, 0.4) is 0 Å². The number of aromatic nitrogens is 1. The van der Waals surface area contributed by atoms with Crippen LogP contribution in [0, 0.1) is 0 Å². The van der Waals surface area contributed by atoms with Gasteiger partial charge in [0.25, 0.3) is 0 Å². The van der Waals surface area contributed by atoms with Crippen molar-refractivity contribution in [3.63, 3.8) is 0 Å². The lowest BCUT2D eigenvalue weighted by Crippen LogP contribution is -2.29. The van der Waals surface area contributed by atoms with Gasteiger partial charge in [0, 0.05) is 11.9 Å². The first-order valence-electron chi connectivity index (χ1n) is 7.50. The summed E-state index contributed by atoms with van der Waals surface area (Å²) in [5.41, 5.74) is 1.71. The Balaban J connectivity index is 2.07. The van der Waals surface area contributed by atoms with E-state index in [9.17, 15) is 5.11 Å². The Morgan fingerprint density at radius 3 is 2.70 bits per heavy atom. The van der Waals surface area contributed by atoms with E-state index >= 15 is 0 Å². The van der Waals surface area contributed by atoms with Crippen LogP contribution in [0.2, 0.25) is 0 Å². The number of aliphatic hydroxyl groups is 1. The summed E-state index contributed by atoms with van der Waals surface area (Å²) < 4.78 is 0. The van der Waals surface area contributed by atoms with Crippen molar-refractivity contribution in [1.82, 2.24) is 9.88 Å². The third-order valence-electron chi connectivity index (χ3n) is 3.67. The van der Waals surface area contributed by atoms with Gasteiger partial charge in [0.05, 0.1) is 11.2 Å². The Hall–Kier alpha value is -1.45. The maximum absolute atomic E-state index is 10.4. The molecule has 0 bridgehead atoms. The van der Waals surface area contributed by atoms with Crippen LogP contribution >= 0.6 is 0 Å². The first-order valence-corrected chi connectivity index (χ1v) is 7.50. The number of likely N-dealkylation sites (N-methyl/N-ethyl adjacent to an activating group) is 1. The maximum atomic E-state index is 10.4. The van der Waals surface area contributed by atoms with Crippen LogP contribution in [-0.2, 0) is 0 Å². The summed E-state index contributed by atoms with van der Waals surface area (Å²) in [5.74, 6) is 0. The monoisotopic (exact) mass is 272 g/mol. The van der Waals surface area contributed by atoms with E-state index in [1.54, 1.807) is 0 Å². The van der Waals surface area contributed by atoms with Gasteiger partial charge in [-0.3, -0.25) is 4.98 Å². The molecule has 2 aromatic rings. The van der Waals surface area contributed by atoms with E-state index in [0.29, 0.717) is 6.54 Å². The molecule has 3 nitrogen and oxygen atoms in total. The average molecular weight is 272 g/mol. The fourth-order valence-electron chi connectivity index (χ4n) is 2.37. The Morgan fingerprint density at radius 2 is 1.95 bits per heavy atom. The van der Waals surface area contributed by atoms with Crippen LogP contribution in [-0.4, -0.2) is 34.6 Å². The van der Waals surface area contributed by atoms with Crippen molar-refractivity contribution < 1.29 is 5.11 Å². The zero-order valence-corrected chi connectivity index (χ0v) is 12.4. The Morgan fingerprint density at radius 1 is 1.15 bits per heavy atom. The predicted molar refractivity (Wildman–Crippen MR) is 83.7 cm³/mol. The highest BCUT2D eigenvalue weighted by atomic mass is 16.3. The Kier molecular flexibility index (Phi) is 5.50. The number of nitrogens with zero attached hydrogens (tertiary/aromatic N) is 2. The molecule has 0 spiro atoms. The van der Waals surface area contributed by atoms with E-state index in [1.807, 2.05) is 36.4 Å². The number of benzene rings is 1. The molecular weight excluding hydrogens is 248 g/mol. The molecule has 20 heavy (non-hydrogen) atoms. The van der Waals surface area contributed by atoms with Crippen LogP contribution in [0.1, 0.15) is 38.5 Å². The molecule has 108 valence electrons. The van der Waals surface area contributed by atoms with Crippen LogP contribution in [0.5, 0.6) is 0 Å². The van der Waals surface area contributed by atoms with Gasteiger partial charge in [-0.2, -0.15) is 0 Å². The minimum Gasteiger partial charge on any atom is -0.385 e. The molecule has 1 aromatic carbocycles. The fraction of sp³-hybridized carbons (Fsp3) is 0.471. The predicted octanol–water partition coefficient (Wildman–Crippen LogP) is 3.39. The summed E-state index contributed by atoms with van der Waals surface area (Å²) in [5, 5.41) is 11.5. The number of hydrogen-bond donors (Lipinski definition) is 1. The highest BCUT2D eigenvalue weighted by Crippen LogP contribution is 2.17. The van der Waals surface area contributed by atoms with Gasteiger partial charge in [-0.25, -0.2) is 0 Å². The molecule has 1 heterocycles. The molecule has 3 heteroatoms. The van der Waals surface area contributed by atoms with Crippen LogP contribution < -0.4 is 0 Å². The van der Waals surface area contributed by atoms with Crippen LogP contribution in [0.15, 0.2) is 36.4 Å². The van der Waals surface area contributed by atoms with Crippen molar-refractivity contribution in [3.05, 3.63) is 42.1 Å². The number of para-hydroxylation sites is 1. The van der Waals surface area contributed by atoms with Gasteiger partial charge in [0.1, 0.15) is 6.10 Å². The van der Waals surface area contributed by atoms with Crippen molar-refractivity contribution in [2.45, 2.75) is 32.8 Å². The van der Waals surface area contributed by atoms with Crippen LogP contribution in [0.4, 0.5) is 0 Å². The molecule has 1 aromatic heterocycles. The normalized spacial score (nSPS) is 13.0. The smallest absolute Gasteiger partial charge is 0.109 e. The molecule has 0 saturated carbocycles. The third kappa shape index (κ3) is 3.78. The quantitative estimate of drug-likeness (QED) is 0.839. The molecule has 0 aliphatic carbocycles. The zero-order valence-electron chi connectivity index (χ0n) is 12.4. The molecule has 0 aliphatic heterocycles. The Bertz CT molecular complexity index is 541. The van der Waals surface area contributed by atoms with Gasteiger partial charge in [0.2, 0.25) is 0 Å². The number of fused-ring (bicyclic) bond motifs is 1. The van der Waals surface area contributed by atoms with E-state index in [-0.39, 0.29) is 0 Å². The molecule has 2 rings (SSSR count). The van der Waals surface area contributed by atoms with E-state index in [1.165, 1.54) is 12.8 Å². The molecule has 1 atom stereocenters. The second kappa shape index (κ2) is 7.36. The standard InChI is InChI=1S/C17H24N2O/c1-3-5-12-19(4-2)13-17(20)16-11-10-14-8-6-7-9-15(14)18-16/h6-11,17,20H,3-5,12-13H2,1-2H3. The van der Waals surface area contributed by atoms with Crippen molar-refractivity contribution in [3.8, 4) is 0 Å². The van der Waals surface area contributed by atoms with Gasteiger partial charge < -0.3 is 10.0 Å². The van der Waals surface area contributed by atoms with Gasteiger partial charge >= 0.3 is 0 Å². The summed E-state index contributed by atoms with van der Waals surface area (Å²) in [4.78, 5) is 6.85. The van der Waals surface area contributed by atoms with Crippen molar-refractivity contribution in [2.75, 3.05) is 19.6 Å². The lowest BCUT2D eigenvalue weighted by atomic mass is 10.1. The topological polar surface area (TPSA) is 36.4 Å². The molecule has 0 amide bonds. The first kappa shape index (κ1) is 14.9. The number of aliphatic hydroxyl groups excluding tert-OH is 1. The lowest BCUT2D eigenvalue weighted by Gasteiger charge is -2.23. The van der Waals surface area contributed by atoms with Crippen LogP contribution in [0.25, 0.3) is 10.9 Å². The maximum Gasteiger partial charge on any atom is 0.109 e. The van der Waals surface area contributed by atoms with E-state index in [0.717, 1.165) is 29.7 Å². The SMILES string of the molecule is CCCCN(CC)CC(O)c1ccc2ccccc2n1. The molecule has 0 fully saturated rings. The van der Waals surface area contributed by atoms with Gasteiger partial charge in [-0.05, 0) is 31.6 Å². The summed E-state index contributed by atoms with van der Waals surface area (Å²) in [6, 6.07) is 12.0. The second-order valence-corrected chi connectivity index (χ2v) is 5.19. The summed E-state index contributed by atoms with van der Waals surface area (Å²) >= 11 is 0. The molecule has 0 radical (unpaired) electrons. The number of rotatable bonds is 7. The van der Waals surface area contributed by atoms with Gasteiger partial charge in [-0.1, -0.05) is 44.5 Å². The van der Waals surface area contributed by atoms with E-state index in [2.05, 4.69) is 23.7 Å². The number of hydrogen-bond acceptors (Lipinski definition) is 3. The molecule has 0 saturated heterocycles. The second-order valence-electron chi connectivity index (χ2n) is 5.19. The van der Waals surface area contributed by atoms with Gasteiger partial charge in [-0.15, -0.1) is 0 Å². The zero-order chi connectivity index (χ0) is 14.4. The van der Waals surface area contributed by atoms with Crippen molar-refractivity contribution in [2.24, 2.45) is 0 Å². The molecule has 1 N–H and O–H groups in total. The van der Waals surface area contributed by atoms with Crippen molar-refractivity contribution >= 4 is 10.9 Å². The Labute approximate surface area is 121 Å². The fourth-order valence-corrected chi connectivity index (χ4v) is 2.37. The highest BCUT2D eigenvalue weighted by molar-refractivity contribution is 5.78. The summed E-state index contributed by atoms with van der Waals surface area (Å²) in [7, 11) is 0. The largest absolute Gasteiger partial charge is 0.385 e. The molecule has 0 aliphatic rings. The molecular formula is C17H24N2O. The average Bonchev–Trinajstić information content (AvgIpc) is 2.50. The number of unbranched alkanes of at least 4 members (excludes halogenated alkanes) is 1. The summed E-state index contributed by atoms with van der Waals surface area (Å²) in [6.07, 6.45) is 1.84. The summed E-state index contributed by atoms with van der Waals surface area (Å²) in [6.45, 7) is 6.98. The first-order chi connectivity index (χ1) is 9.74. The van der Waals surface area contributed by atoms with Gasteiger partial charge in [0.15, 0.2) is 0 Å². The van der Waals surface area contributed by atoms with E-state index < -0.39 is 6.10 Å². The van der Waals surface area contributed by atoms with Crippen molar-refractivity contribution in [1.29, 1.82) is 0 Å². The minimum absolute atomic E-state index is 0.517. The lowest BCUT2D eigenvalue weighted by molar-refractivity contribution is 0.112.